The molecule has 0 fully saturated rings. The van der Waals surface area contributed by atoms with E-state index in [1.807, 2.05) is 0 Å². The Morgan fingerprint density at radius 2 is 0.853 bits per heavy atom. The van der Waals surface area contributed by atoms with Crippen LogP contribution in [-0.2, 0) is 14.4 Å². The highest BCUT2D eigenvalue weighted by molar-refractivity contribution is 5.73. The maximum atomic E-state index is 11.2. The van der Waals surface area contributed by atoms with Crippen molar-refractivity contribution in [2.75, 3.05) is 26.2 Å². The Bertz CT molecular complexity index is 535. The van der Waals surface area contributed by atoms with Crippen LogP contribution >= 0.6 is 0 Å². The van der Waals surface area contributed by atoms with E-state index in [2.05, 4.69) is 19.1 Å². The van der Waals surface area contributed by atoms with Crippen LogP contribution in [0.3, 0.4) is 0 Å². The van der Waals surface area contributed by atoms with Crippen molar-refractivity contribution >= 4 is 17.9 Å². The van der Waals surface area contributed by atoms with Crippen molar-refractivity contribution in [2.24, 2.45) is 0 Å². The molecule has 0 bridgehead atoms. The largest absolute Gasteiger partial charge is 0.477 e. The second kappa shape index (κ2) is 21.6. The SMILES string of the molecule is CCCCCCC/C=C/CCCCCCCCCCCC[N+](CC(=O)O)(CC(=O)O)CC(=O)O. The molecule has 0 aliphatic heterocycles. The standard InChI is InChI=1S/C27H49NO6/c1-2-3-4-5-6-7-8-9-10-11-12-13-14-15-16-17-18-19-20-21-28(22-25(29)30,23-26(31)32)24-27(33)34/h8-9H,2-7,10-24H2,1H3,(H2-,29,30,31,32,33,34)/p+1/b9-8+. The Balaban J connectivity index is 3.76. The van der Waals surface area contributed by atoms with E-state index in [1.54, 1.807) is 0 Å². The predicted octanol–water partition coefficient (Wildman–Crippen LogP) is 6.26. The summed E-state index contributed by atoms with van der Waals surface area (Å²) in [6, 6.07) is 0. The second-order valence-corrected chi connectivity index (χ2v) is 9.72. The summed E-state index contributed by atoms with van der Waals surface area (Å²) in [4.78, 5) is 33.5. The minimum atomic E-state index is -1.17. The van der Waals surface area contributed by atoms with Gasteiger partial charge in [-0.15, -0.1) is 0 Å². The third-order valence-corrected chi connectivity index (χ3v) is 6.31. The molecule has 0 aromatic rings. The number of hydrogen-bond donors (Lipinski definition) is 3. The van der Waals surface area contributed by atoms with E-state index >= 15 is 0 Å². The van der Waals surface area contributed by atoms with Gasteiger partial charge in [0.2, 0.25) is 0 Å². The zero-order valence-electron chi connectivity index (χ0n) is 21.5. The fourth-order valence-electron chi connectivity index (χ4n) is 4.49. The molecule has 7 nitrogen and oxygen atoms in total. The fourth-order valence-corrected chi connectivity index (χ4v) is 4.49. The van der Waals surface area contributed by atoms with E-state index in [9.17, 15) is 14.4 Å². The lowest BCUT2D eigenvalue weighted by Crippen LogP contribution is -2.57. The van der Waals surface area contributed by atoms with E-state index in [-0.39, 0.29) is 6.54 Å². The van der Waals surface area contributed by atoms with E-state index in [4.69, 9.17) is 15.3 Å². The van der Waals surface area contributed by atoms with Crippen LogP contribution in [0.2, 0.25) is 0 Å². The molecule has 0 aromatic carbocycles. The summed E-state index contributed by atoms with van der Waals surface area (Å²) in [5.41, 5.74) is 0. The minimum Gasteiger partial charge on any atom is -0.477 e. The molecule has 0 radical (unpaired) electrons. The van der Waals surface area contributed by atoms with Crippen LogP contribution in [0.1, 0.15) is 116 Å². The van der Waals surface area contributed by atoms with Crippen LogP contribution in [0.4, 0.5) is 0 Å². The van der Waals surface area contributed by atoms with E-state index < -0.39 is 42.0 Å². The van der Waals surface area contributed by atoms with Gasteiger partial charge in [-0.05, 0) is 38.5 Å². The van der Waals surface area contributed by atoms with Crippen LogP contribution in [0.5, 0.6) is 0 Å². The number of carboxylic acid groups (broad SMARTS) is 3. The van der Waals surface area contributed by atoms with Crippen molar-refractivity contribution in [3.8, 4) is 0 Å². The van der Waals surface area contributed by atoms with Gasteiger partial charge in [0.25, 0.3) is 0 Å². The van der Waals surface area contributed by atoms with Crippen molar-refractivity contribution in [1.82, 2.24) is 0 Å². The van der Waals surface area contributed by atoms with Crippen molar-refractivity contribution in [1.29, 1.82) is 0 Å². The average molecular weight is 485 g/mol. The van der Waals surface area contributed by atoms with Crippen molar-refractivity contribution < 1.29 is 34.2 Å². The topological polar surface area (TPSA) is 112 Å². The summed E-state index contributed by atoms with van der Waals surface area (Å²) < 4.78 is -0.436. The highest BCUT2D eigenvalue weighted by atomic mass is 16.4. The van der Waals surface area contributed by atoms with Gasteiger partial charge in [-0.1, -0.05) is 89.7 Å². The van der Waals surface area contributed by atoms with Gasteiger partial charge in [-0.2, -0.15) is 0 Å². The molecule has 0 aliphatic carbocycles. The second-order valence-electron chi connectivity index (χ2n) is 9.72. The zero-order chi connectivity index (χ0) is 25.5. The van der Waals surface area contributed by atoms with Crippen LogP contribution in [0.25, 0.3) is 0 Å². The Hall–Kier alpha value is -1.89. The molecule has 0 spiro atoms. The number of allylic oxidation sites excluding steroid dienone is 2. The summed E-state index contributed by atoms with van der Waals surface area (Å²) >= 11 is 0. The Morgan fingerprint density at radius 1 is 0.529 bits per heavy atom. The van der Waals surface area contributed by atoms with Crippen molar-refractivity contribution in [2.45, 2.75) is 116 Å². The van der Waals surface area contributed by atoms with Gasteiger partial charge in [0.05, 0.1) is 6.54 Å². The normalized spacial score (nSPS) is 11.8. The van der Waals surface area contributed by atoms with Gasteiger partial charge in [-0.25, -0.2) is 14.4 Å². The third kappa shape index (κ3) is 20.7. The number of carbonyl (C=O) groups is 3. The predicted molar refractivity (Wildman–Crippen MR) is 136 cm³/mol. The maximum Gasteiger partial charge on any atom is 0.359 e. The third-order valence-electron chi connectivity index (χ3n) is 6.31. The number of carboxylic acids is 3. The molecule has 0 aliphatic rings. The monoisotopic (exact) mass is 484 g/mol. The smallest absolute Gasteiger partial charge is 0.359 e. The Labute approximate surface area is 206 Å². The molecule has 3 N–H and O–H groups in total. The molecule has 0 amide bonds. The fraction of sp³-hybridized carbons (Fsp3) is 0.815. The number of hydrogen-bond acceptors (Lipinski definition) is 3. The lowest BCUT2D eigenvalue weighted by Gasteiger charge is -2.34. The molecular formula is C27H50NO6+. The summed E-state index contributed by atoms with van der Waals surface area (Å²) in [6.07, 6.45) is 25.0. The van der Waals surface area contributed by atoms with Crippen LogP contribution in [-0.4, -0.2) is 63.9 Å². The summed E-state index contributed by atoms with van der Waals surface area (Å²) in [5.74, 6) is -3.51. The first-order valence-electron chi connectivity index (χ1n) is 13.5. The van der Waals surface area contributed by atoms with Gasteiger partial charge in [0.1, 0.15) is 0 Å². The van der Waals surface area contributed by atoms with Gasteiger partial charge in [0, 0.05) is 0 Å². The zero-order valence-corrected chi connectivity index (χ0v) is 21.5. The van der Waals surface area contributed by atoms with Crippen molar-refractivity contribution in [3.63, 3.8) is 0 Å². The minimum absolute atomic E-state index is 0.262. The average Bonchev–Trinajstić information content (AvgIpc) is 2.73. The number of quaternary nitrogens is 1. The molecule has 0 rings (SSSR count). The molecule has 0 unspecified atom stereocenters. The lowest BCUT2D eigenvalue weighted by molar-refractivity contribution is -0.907. The molecule has 0 aromatic heterocycles. The molecular weight excluding hydrogens is 434 g/mol. The van der Waals surface area contributed by atoms with Crippen LogP contribution in [0.15, 0.2) is 12.2 Å². The number of unbranched alkanes of at least 4 members (excludes halogenated alkanes) is 15. The van der Waals surface area contributed by atoms with Crippen LogP contribution < -0.4 is 0 Å². The number of aliphatic carboxylic acids is 3. The number of rotatable bonds is 25. The molecule has 0 heterocycles. The Kier molecular flexibility index (Phi) is 20.4. The Morgan fingerprint density at radius 3 is 1.21 bits per heavy atom. The number of nitrogens with zero attached hydrogens (tertiary/aromatic N) is 1. The molecule has 0 atom stereocenters. The van der Waals surface area contributed by atoms with Crippen LogP contribution in [0, 0.1) is 0 Å². The summed E-state index contributed by atoms with van der Waals surface area (Å²) in [5, 5.41) is 27.4. The first-order valence-corrected chi connectivity index (χ1v) is 13.5. The summed E-state index contributed by atoms with van der Waals surface area (Å²) in [6.45, 7) is 1.07. The molecule has 7 heteroatoms. The van der Waals surface area contributed by atoms with Gasteiger partial charge >= 0.3 is 17.9 Å². The van der Waals surface area contributed by atoms with E-state index in [0.717, 1.165) is 19.3 Å². The first-order chi connectivity index (χ1) is 16.3. The highest BCUT2D eigenvalue weighted by Crippen LogP contribution is 2.15. The molecule has 0 saturated heterocycles. The lowest BCUT2D eigenvalue weighted by atomic mass is 10.0. The quantitative estimate of drug-likeness (QED) is 0.0800. The molecule has 0 saturated carbocycles. The molecule has 34 heavy (non-hydrogen) atoms. The van der Waals surface area contributed by atoms with Gasteiger partial charge < -0.3 is 15.3 Å². The highest BCUT2D eigenvalue weighted by Gasteiger charge is 2.35. The molecule has 198 valence electrons. The van der Waals surface area contributed by atoms with Gasteiger partial charge in [0.15, 0.2) is 19.6 Å². The van der Waals surface area contributed by atoms with Gasteiger partial charge in [-0.3, -0.25) is 4.48 Å². The van der Waals surface area contributed by atoms with E-state index in [0.29, 0.717) is 6.42 Å². The van der Waals surface area contributed by atoms with E-state index in [1.165, 1.54) is 83.5 Å². The maximum absolute atomic E-state index is 11.2. The summed E-state index contributed by atoms with van der Waals surface area (Å²) in [7, 11) is 0. The van der Waals surface area contributed by atoms with Crippen molar-refractivity contribution in [3.05, 3.63) is 12.2 Å². The first kappa shape index (κ1) is 32.1.